The summed E-state index contributed by atoms with van der Waals surface area (Å²) >= 11 is 0. The van der Waals surface area contributed by atoms with Crippen molar-refractivity contribution in [1.82, 2.24) is 0 Å². The van der Waals surface area contributed by atoms with Crippen molar-refractivity contribution in [2.45, 2.75) is 117 Å². The first-order chi connectivity index (χ1) is 15.3. The molecule has 2 nitrogen and oxygen atoms in total. The molecule has 2 atom stereocenters. The van der Waals surface area contributed by atoms with Crippen LogP contribution in [0.25, 0.3) is 0 Å². The van der Waals surface area contributed by atoms with Gasteiger partial charge in [-0.05, 0) is 30.7 Å². The summed E-state index contributed by atoms with van der Waals surface area (Å²) in [6.45, 7) is 4.59. The molecule has 31 heavy (non-hydrogen) atoms. The topological polar surface area (TPSA) is 24.7 Å². The number of unbranched alkanes of at least 4 members (excludes halogenated alkanes) is 11. The van der Waals surface area contributed by atoms with E-state index >= 15 is 0 Å². The van der Waals surface area contributed by atoms with Gasteiger partial charge in [0.2, 0.25) is 6.17 Å². The van der Waals surface area contributed by atoms with Gasteiger partial charge in [0.25, 0.3) is 0 Å². The van der Waals surface area contributed by atoms with Crippen LogP contribution in [-0.2, 0) is 6.42 Å². The first-order valence-corrected chi connectivity index (χ1v) is 13.3. The molecule has 1 aromatic rings. The van der Waals surface area contributed by atoms with Gasteiger partial charge in [0.1, 0.15) is 0 Å². The summed E-state index contributed by atoms with van der Waals surface area (Å²) in [5, 5.41) is 0. The molecule has 0 saturated heterocycles. The highest BCUT2D eigenvalue weighted by Gasteiger charge is 2.35. The van der Waals surface area contributed by atoms with E-state index in [2.05, 4.69) is 54.2 Å². The number of nitrogens with zero attached hydrogens (tertiary/aromatic N) is 2. The van der Waals surface area contributed by atoms with E-state index in [1.165, 1.54) is 102 Å². The molecular weight excluding hydrogens is 376 g/mol. The Labute approximate surface area is 193 Å². The lowest BCUT2D eigenvalue weighted by Crippen LogP contribution is -2.22. The Kier molecular flexibility index (Phi) is 14.1. The Morgan fingerprint density at radius 3 is 1.74 bits per heavy atom. The Morgan fingerprint density at radius 2 is 1.16 bits per heavy atom. The maximum absolute atomic E-state index is 4.67. The van der Waals surface area contributed by atoms with Gasteiger partial charge in [-0.2, -0.15) is 0 Å². The summed E-state index contributed by atoms with van der Waals surface area (Å²) in [7, 11) is 0. The molecule has 0 radical (unpaired) electrons. The summed E-state index contributed by atoms with van der Waals surface area (Å²) in [4.78, 5) is 9.34. The van der Waals surface area contributed by atoms with E-state index in [1.54, 1.807) is 0 Å². The van der Waals surface area contributed by atoms with Crippen molar-refractivity contribution in [3.8, 4) is 0 Å². The molecule has 0 aromatic heterocycles. The molecule has 172 valence electrons. The Hall–Kier alpha value is -1.57. The monoisotopic (exact) mass is 423 g/mol. The molecule has 2 heteroatoms. The van der Waals surface area contributed by atoms with Gasteiger partial charge in [-0.25, -0.2) is 0 Å². The zero-order valence-corrected chi connectivity index (χ0v) is 20.4. The number of benzene rings is 1. The van der Waals surface area contributed by atoms with Crippen molar-refractivity contribution in [3.05, 3.63) is 42.1 Å². The average Bonchev–Trinajstić information content (AvgIpc) is 3.33. The fraction of sp³-hybridized carbons (Fsp3) is 0.690. The van der Waals surface area contributed by atoms with Crippen LogP contribution in [0.3, 0.4) is 0 Å². The third kappa shape index (κ3) is 11.0. The minimum atomic E-state index is 0.501. The van der Waals surface area contributed by atoms with Crippen molar-refractivity contribution in [2.24, 2.45) is 21.8 Å². The third-order valence-corrected chi connectivity index (χ3v) is 6.77. The number of hydrogen-bond acceptors (Lipinski definition) is 2. The quantitative estimate of drug-likeness (QED) is 0.157. The fourth-order valence-electron chi connectivity index (χ4n) is 4.89. The molecule has 0 bridgehead atoms. The van der Waals surface area contributed by atoms with Gasteiger partial charge in [-0.1, -0.05) is 138 Å². The van der Waals surface area contributed by atoms with E-state index in [-0.39, 0.29) is 0 Å². The smallest absolute Gasteiger partial charge is 0.0965 e. The summed E-state index contributed by atoms with van der Waals surface area (Å²) in [6.07, 6.45) is 26.4. The van der Waals surface area contributed by atoms with Gasteiger partial charge in [0.05, 0.1) is 5.92 Å². The van der Waals surface area contributed by atoms with Gasteiger partial charge in [-0.3, -0.25) is 0 Å². The van der Waals surface area contributed by atoms with E-state index in [9.17, 15) is 0 Å². The predicted molar refractivity (Wildman–Crippen MR) is 138 cm³/mol. The molecule has 1 aliphatic heterocycles. The molecule has 0 amide bonds. The lowest BCUT2D eigenvalue weighted by molar-refractivity contribution is 0.284. The third-order valence-electron chi connectivity index (χ3n) is 6.77. The van der Waals surface area contributed by atoms with E-state index in [0.717, 1.165) is 12.6 Å². The zero-order valence-electron chi connectivity index (χ0n) is 20.4. The first kappa shape index (κ1) is 25.7. The lowest BCUT2D eigenvalue weighted by Gasteiger charge is -2.26. The van der Waals surface area contributed by atoms with Crippen molar-refractivity contribution in [3.63, 3.8) is 0 Å². The second kappa shape index (κ2) is 17.0. The maximum Gasteiger partial charge on any atom is 0.244 e. The number of rotatable bonds is 19. The number of hydrogen-bond donors (Lipinski definition) is 0. The minimum Gasteiger partial charge on any atom is -0.0965 e. The standard InChI is InChI=1S/C29H47N2/c1-3-5-7-9-10-11-13-17-21-27(25-26-19-15-14-16-20-26)28(29-30-23-24-31-29)22-18-12-8-6-4-2/h14-16,19-20,23-24,27-28H,3-13,17-18,21-22,25H2,1-2H3/q+1. The van der Waals surface area contributed by atoms with E-state index in [4.69, 9.17) is 0 Å². The van der Waals surface area contributed by atoms with Crippen LogP contribution in [-0.4, -0.2) is 12.4 Å². The van der Waals surface area contributed by atoms with Crippen LogP contribution in [0.15, 0.2) is 40.3 Å². The van der Waals surface area contributed by atoms with Gasteiger partial charge < -0.3 is 0 Å². The second-order valence-electron chi connectivity index (χ2n) is 9.44. The largest absolute Gasteiger partial charge is 0.244 e. The molecule has 0 saturated carbocycles. The molecular formula is C29H47N2+. The Morgan fingerprint density at radius 1 is 0.645 bits per heavy atom. The first-order valence-electron chi connectivity index (χ1n) is 13.3. The van der Waals surface area contributed by atoms with E-state index in [1.807, 2.05) is 12.4 Å². The minimum absolute atomic E-state index is 0.501. The molecule has 0 N–H and O–H groups in total. The van der Waals surface area contributed by atoms with Crippen LogP contribution in [0.2, 0.25) is 0 Å². The predicted octanol–water partition coefficient (Wildman–Crippen LogP) is 9.00. The van der Waals surface area contributed by atoms with Crippen LogP contribution in [0.5, 0.6) is 0 Å². The number of aliphatic imine (C=N–C) groups is 2. The second-order valence-corrected chi connectivity index (χ2v) is 9.44. The maximum atomic E-state index is 4.67. The van der Waals surface area contributed by atoms with Crippen LogP contribution in [0, 0.1) is 18.0 Å². The van der Waals surface area contributed by atoms with Crippen LogP contribution < -0.4 is 0 Å². The molecule has 2 rings (SSSR count). The molecule has 1 aliphatic rings. The summed E-state index contributed by atoms with van der Waals surface area (Å²) < 4.78 is 0. The van der Waals surface area contributed by atoms with Crippen LogP contribution >= 0.6 is 0 Å². The van der Waals surface area contributed by atoms with Gasteiger partial charge in [-0.15, -0.1) is 0 Å². The van der Waals surface area contributed by atoms with Crippen molar-refractivity contribution < 1.29 is 0 Å². The Bertz CT molecular complexity index is 580. The van der Waals surface area contributed by atoms with Crippen molar-refractivity contribution >= 4 is 12.4 Å². The lowest BCUT2D eigenvalue weighted by atomic mass is 9.78. The molecule has 1 aromatic carbocycles. The summed E-state index contributed by atoms with van der Waals surface area (Å²) in [5.74, 6) is 1.15. The SMILES string of the molecule is CCCCCCCCCCC(Cc1ccccc1)C(CCCCCCC)[C+]1N=CC=N1. The van der Waals surface area contributed by atoms with Crippen molar-refractivity contribution in [1.29, 1.82) is 0 Å². The summed E-state index contributed by atoms with van der Waals surface area (Å²) in [6, 6.07) is 11.1. The fourth-order valence-corrected chi connectivity index (χ4v) is 4.89. The highest BCUT2D eigenvalue weighted by atomic mass is 15.0. The highest BCUT2D eigenvalue weighted by Crippen LogP contribution is 2.37. The molecule has 0 aliphatic carbocycles. The average molecular weight is 424 g/mol. The highest BCUT2D eigenvalue weighted by molar-refractivity contribution is 6.18. The zero-order chi connectivity index (χ0) is 22.0. The Balaban J connectivity index is 1.90. The molecule has 0 spiro atoms. The summed E-state index contributed by atoms with van der Waals surface area (Å²) in [5.41, 5.74) is 1.47. The van der Waals surface area contributed by atoms with Crippen LogP contribution in [0.1, 0.15) is 116 Å². The van der Waals surface area contributed by atoms with Crippen molar-refractivity contribution in [2.75, 3.05) is 0 Å². The molecule has 1 heterocycles. The normalized spacial score (nSPS) is 15.0. The van der Waals surface area contributed by atoms with Crippen LogP contribution in [0.4, 0.5) is 0 Å². The van der Waals surface area contributed by atoms with Gasteiger partial charge >= 0.3 is 0 Å². The van der Waals surface area contributed by atoms with E-state index < -0.39 is 0 Å². The van der Waals surface area contributed by atoms with E-state index in [0.29, 0.717) is 11.8 Å². The van der Waals surface area contributed by atoms with Gasteiger partial charge in [0.15, 0.2) is 12.4 Å². The van der Waals surface area contributed by atoms with Gasteiger partial charge in [0, 0.05) is 0 Å². The molecule has 0 fully saturated rings. The molecule has 2 unspecified atom stereocenters.